The average molecular weight is 237 g/mol. The van der Waals surface area contributed by atoms with Gasteiger partial charge in [-0.15, -0.1) is 11.8 Å². The Kier molecular flexibility index (Phi) is 3.03. The van der Waals surface area contributed by atoms with Gasteiger partial charge in [-0.2, -0.15) is 0 Å². The molecule has 3 aliphatic rings. The molecule has 1 aliphatic carbocycles. The van der Waals surface area contributed by atoms with E-state index >= 15 is 0 Å². The highest BCUT2D eigenvalue weighted by Crippen LogP contribution is 2.47. The van der Waals surface area contributed by atoms with Gasteiger partial charge in [-0.25, -0.2) is 0 Å². The van der Waals surface area contributed by atoms with Crippen molar-refractivity contribution in [3.05, 3.63) is 0 Å². The van der Waals surface area contributed by atoms with Crippen LogP contribution in [0.15, 0.2) is 4.99 Å². The lowest BCUT2D eigenvalue weighted by molar-refractivity contribution is 0.280. The Morgan fingerprint density at radius 3 is 2.88 bits per heavy atom. The molecule has 1 saturated carbocycles. The fourth-order valence-corrected chi connectivity index (χ4v) is 5.51. The van der Waals surface area contributed by atoms with E-state index in [0.717, 1.165) is 36.1 Å². The highest BCUT2D eigenvalue weighted by Gasteiger charge is 2.41. The van der Waals surface area contributed by atoms with E-state index in [9.17, 15) is 0 Å². The molecule has 2 heteroatoms. The molecule has 0 aromatic carbocycles. The summed E-state index contributed by atoms with van der Waals surface area (Å²) < 4.78 is 0. The summed E-state index contributed by atoms with van der Waals surface area (Å²) in [6.45, 7) is 5.94. The highest BCUT2D eigenvalue weighted by molar-refractivity contribution is 8.14. The Morgan fingerprint density at radius 1 is 1.25 bits per heavy atom. The average Bonchev–Trinajstić information content (AvgIpc) is 2.81. The summed E-state index contributed by atoms with van der Waals surface area (Å²) in [5.41, 5.74) is 0. The van der Waals surface area contributed by atoms with Crippen molar-refractivity contribution in [3.8, 4) is 0 Å². The third kappa shape index (κ3) is 1.83. The van der Waals surface area contributed by atoms with E-state index in [1.807, 2.05) is 0 Å². The first-order valence-corrected chi connectivity index (χ1v) is 7.91. The van der Waals surface area contributed by atoms with Crippen LogP contribution in [0, 0.1) is 29.6 Å². The van der Waals surface area contributed by atoms with Crippen LogP contribution in [0.3, 0.4) is 0 Å². The zero-order valence-corrected chi connectivity index (χ0v) is 11.3. The van der Waals surface area contributed by atoms with Crippen LogP contribution < -0.4 is 0 Å². The standard InChI is InChI=1S/C14H23NS/c1-9(2)13-8-16-14-12(13)6-10-4-3-5-11(10)7-15-14/h9-13H,3-8H2,1-2H3. The van der Waals surface area contributed by atoms with Crippen LogP contribution in [-0.4, -0.2) is 17.3 Å². The normalized spacial score (nSPS) is 42.8. The van der Waals surface area contributed by atoms with Gasteiger partial charge in [-0.1, -0.05) is 26.7 Å². The predicted molar refractivity (Wildman–Crippen MR) is 72.0 cm³/mol. The molecule has 4 unspecified atom stereocenters. The van der Waals surface area contributed by atoms with Crippen LogP contribution in [0.5, 0.6) is 0 Å². The first-order chi connectivity index (χ1) is 7.75. The van der Waals surface area contributed by atoms with Crippen LogP contribution in [0.4, 0.5) is 0 Å². The van der Waals surface area contributed by atoms with Crippen LogP contribution in [0.25, 0.3) is 0 Å². The molecular weight excluding hydrogens is 214 g/mol. The van der Waals surface area contributed by atoms with Crippen molar-refractivity contribution in [1.82, 2.24) is 0 Å². The Hall–Kier alpha value is 0.0200. The summed E-state index contributed by atoms with van der Waals surface area (Å²) in [5, 5.41) is 1.52. The molecule has 2 aliphatic heterocycles. The number of fused-ring (bicyclic) bond motifs is 2. The number of thioether (sulfide) groups is 1. The second kappa shape index (κ2) is 4.36. The first kappa shape index (κ1) is 11.1. The van der Waals surface area contributed by atoms with Gasteiger partial charge in [0.1, 0.15) is 0 Å². The molecule has 1 nitrogen and oxygen atoms in total. The van der Waals surface area contributed by atoms with Crippen molar-refractivity contribution in [3.63, 3.8) is 0 Å². The van der Waals surface area contributed by atoms with Gasteiger partial charge in [-0.3, -0.25) is 4.99 Å². The smallest absolute Gasteiger partial charge is 0.0710 e. The van der Waals surface area contributed by atoms with Gasteiger partial charge in [-0.05, 0) is 36.5 Å². The maximum absolute atomic E-state index is 4.94. The Balaban J connectivity index is 1.81. The summed E-state index contributed by atoms with van der Waals surface area (Å²) in [6.07, 6.45) is 5.86. The molecule has 0 bridgehead atoms. The molecule has 3 rings (SSSR count). The number of rotatable bonds is 1. The molecule has 16 heavy (non-hydrogen) atoms. The minimum Gasteiger partial charge on any atom is -0.282 e. The molecule has 2 fully saturated rings. The molecule has 4 atom stereocenters. The lowest BCUT2D eigenvalue weighted by Gasteiger charge is -2.25. The van der Waals surface area contributed by atoms with Crippen molar-refractivity contribution in [2.24, 2.45) is 34.6 Å². The lowest BCUT2D eigenvalue weighted by Crippen LogP contribution is -2.23. The van der Waals surface area contributed by atoms with Crippen molar-refractivity contribution in [2.45, 2.75) is 39.5 Å². The lowest BCUT2D eigenvalue weighted by atomic mass is 9.78. The fourth-order valence-electron chi connectivity index (χ4n) is 3.88. The van der Waals surface area contributed by atoms with Crippen LogP contribution in [0.2, 0.25) is 0 Å². The summed E-state index contributed by atoms with van der Waals surface area (Å²) in [5.74, 6) is 5.85. The minimum absolute atomic E-state index is 0.832. The highest BCUT2D eigenvalue weighted by atomic mass is 32.2. The van der Waals surface area contributed by atoms with Crippen molar-refractivity contribution in [1.29, 1.82) is 0 Å². The molecular formula is C14H23NS. The van der Waals surface area contributed by atoms with Gasteiger partial charge in [0.25, 0.3) is 0 Å². The Bertz CT molecular complexity index is 297. The second-order valence-corrected chi connectivity index (χ2v) is 7.23. The van der Waals surface area contributed by atoms with E-state index in [-0.39, 0.29) is 0 Å². The maximum Gasteiger partial charge on any atom is 0.0710 e. The molecule has 0 aromatic heterocycles. The van der Waals surface area contributed by atoms with Crippen molar-refractivity contribution in [2.75, 3.05) is 12.3 Å². The van der Waals surface area contributed by atoms with Gasteiger partial charge < -0.3 is 0 Å². The number of hydrogen-bond donors (Lipinski definition) is 0. The second-order valence-electron chi connectivity index (χ2n) is 6.19. The molecule has 2 heterocycles. The fraction of sp³-hybridized carbons (Fsp3) is 0.929. The van der Waals surface area contributed by atoms with Crippen molar-refractivity contribution >= 4 is 16.8 Å². The molecule has 0 radical (unpaired) electrons. The monoisotopic (exact) mass is 237 g/mol. The summed E-state index contributed by atoms with van der Waals surface area (Å²) in [7, 11) is 0. The third-order valence-electron chi connectivity index (χ3n) is 4.97. The molecule has 90 valence electrons. The summed E-state index contributed by atoms with van der Waals surface area (Å²) in [6, 6.07) is 0. The minimum atomic E-state index is 0.832. The number of aliphatic imine (C=N–C) groups is 1. The molecule has 0 N–H and O–H groups in total. The quantitative estimate of drug-likeness (QED) is 0.675. The van der Waals surface area contributed by atoms with E-state index < -0.39 is 0 Å². The predicted octanol–water partition coefficient (Wildman–Crippen LogP) is 3.84. The zero-order chi connectivity index (χ0) is 11.1. The van der Waals surface area contributed by atoms with E-state index in [4.69, 9.17) is 4.99 Å². The van der Waals surface area contributed by atoms with Gasteiger partial charge >= 0.3 is 0 Å². The largest absolute Gasteiger partial charge is 0.282 e. The summed E-state index contributed by atoms with van der Waals surface area (Å²) in [4.78, 5) is 4.94. The van der Waals surface area contributed by atoms with Crippen LogP contribution in [0.1, 0.15) is 39.5 Å². The maximum atomic E-state index is 4.94. The van der Waals surface area contributed by atoms with E-state index in [2.05, 4.69) is 25.6 Å². The molecule has 0 amide bonds. The summed E-state index contributed by atoms with van der Waals surface area (Å²) >= 11 is 2.06. The van der Waals surface area contributed by atoms with E-state index in [1.54, 1.807) is 0 Å². The SMILES string of the molecule is CC(C)C1CSC2=NCC3CCCC3CC21. The van der Waals surface area contributed by atoms with E-state index in [0.29, 0.717) is 0 Å². The van der Waals surface area contributed by atoms with Gasteiger partial charge in [0.2, 0.25) is 0 Å². The number of hydrogen-bond acceptors (Lipinski definition) is 2. The first-order valence-electron chi connectivity index (χ1n) is 6.93. The van der Waals surface area contributed by atoms with Gasteiger partial charge in [0, 0.05) is 18.2 Å². The topological polar surface area (TPSA) is 12.4 Å². The Morgan fingerprint density at radius 2 is 2.06 bits per heavy atom. The zero-order valence-electron chi connectivity index (χ0n) is 10.5. The molecule has 1 saturated heterocycles. The van der Waals surface area contributed by atoms with E-state index in [1.165, 1.54) is 36.5 Å². The van der Waals surface area contributed by atoms with Gasteiger partial charge in [0.05, 0.1) is 5.04 Å². The van der Waals surface area contributed by atoms with Gasteiger partial charge in [0.15, 0.2) is 0 Å². The van der Waals surface area contributed by atoms with Crippen LogP contribution >= 0.6 is 11.8 Å². The van der Waals surface area contributed by atoms with Crippen LogP contribution in [-0.2, 0) is 0 Å². The molecule has 0 aromatic rings. The molecule has 0 spiro atoms. The Labute approximate surface area is 103 Å². The third-order valence-corrected chi connectivity index (χ3v) is 6.25. The van der Waals surface area contributed by atoms with Crippen molar-refractivity contribution < 1.29 is 0 Å². The number of nitrogens with zero attached hydrogens (tertiary/aromatic N) is 1.